The van der Waals surface area contributed by atoms with Crippen molar-refractivity contribution in [1.82, 2.24) is 4.98 Å². The first-order chi connectivity index (χ1) is 9.60. The van der Waals surface area contributed by atoms with E-state index in [-0.39, 0.29) is 12.1 Å². The zero-order chi connectivity index (χ0) is 14.6. The molecule has 110 valence electrons. The molecule has 1 aromatic heterocycles. The van der Waals surface area contributed by atoms with Crippen LogP contribution >= 0.6 is 0 Å². The third kappa shape index (κ3) is 3.10. The molecule has 1 saturated carbocycles. The Balaban J connectivity index is 2.22. The number of methoxy groups -OCH3 is 1. The van der Waals surface area contributed by atoms with Crippen molar-refractivity contribution >= 4 is 11.8 Å². The Morgan fingerprint density at radius 1 is 1.55 bits per heavy atom. The summed E-state index contributed by atoms with van der Waals surface area (Å²) in [5.41, 5.74) is 0.0188. The van der Waals surface area contributed by atoms with E-state index in [1.165, 1.54) is 7.11 Å². The number of esters is 1. The summed E-state index contributed by atoms with van der Waals surface area (Å²) in [4.78, 5) is 16.0. The number of hydrogen-bond donors (Lipinski definition) is 2. The number of carbonyl (C=O) groups is 1. The standard InChI is InChI=1S/C15H22N2O3/c1-11-5-7-15(10-18,8-6-11)17-13-12(14(19)20-2)4-3-9-16-13/h3-4,9,11,18H,5-8,10H2,1-2H3,(H,16,17). The molecule has 0 amide bonds. The molecule has 5 nitrogen and oxygen atoms in total. The van der Waals surface area contributed by atoms with Gasteiger partial charge in [0.25, 0.3) is 0 Å². The molecule has 1 aliphatic rings. The first-order valence-electron chi connectivity index (χ1n) is 7.02. The highest BCUT2D eigenvalue weighted by Gasteiger charge is 2.34. The molecule has 2 rings (SSSR count). The highest BCUT2D eigenvalue weighted by molar-refractivity contribution is 5.94. The van der Waals surface area contributed by atoms with Crippen molar-refractivity contribution in [3.63, 3.8) is 0 Å². The largest absolute Gasteiger partial charge is 0.465 e. The van der Waals surface area contributed by atoms with Gasteiger partial charge in [0.15, 0.2) is 0 Å². The summed E-state index contributed by atoms with van der Waals surface area (Å²) in [7, 11) is 1.35. The Morgan fingerprint density at radius 2 is 2.25 bits per heavy atom. The normalized spacial score (nSPS) is 26.1. The monoisotopic (exact) mass is 278 g/mol. The predicted octanol–water partition coefficient (Wildman–Crippen LogP) is 2.22. The van der Waals surface area contributed by atoms with Crippen LogP contribution in [0.5, 0.6) is 0 Å². The van der Waals surface area contributed by atoms with Crippen LogP contribution in [0.2, 0.25) is 0 Å². The third-order valence-electron chi connectivity index (χ3n) is 4.13. The molecule has 0 saturated heterocycles. The SMILES string of the molecule is COC(=O)c1cccnc1NC1(CO)CCC(C)CC1. The smallest absolute Gasteiger partial charge is 0.341 e. The maximum atomic E-state index is 11.8. The van der Waals surface area contributed by atoms with Crippen LogP contribution < -0.4 is 5.32 Å². The molecule has 1 heterocycles. The molecule has 1 fully saturated rings. The van der Waals surface area contributed by atoms with Gasteiger partial charge in [0.2, 0.25) is 0 Å². The third-order valence-corrected chi connectivity index (χ3v) is 4.13. The number of aliphatic hydroxyl groups is 1. The van der Waals surface area contributed by atoms with E-state index in [9.17, 15) is 9.90 Å². The van der Waals surface area contributed by atoms with Crippen LogP contribution in [0.3, 0.4) is 0 Å². The number of hydrogen-bond acceptors (Lipinski definition) is 5. The first kappa shape index (κ1) is 14.8. The average Bonchev–Trinajstić information content (AvgIpc) is 2.49. The van der Waals surface area contributed by atoms with Crippen LogP contribution in [0, 0.1) is 5.92 Å². The molecule has 1 aromatic rings. The molecule has 0 unspecified atom stereocenters. The van der Waals surface area contributed by atoms with Gasteiger partial charge in [-0.2, -0.15) is 0 Å². The molecule has 0 radical (unpaired) electrons. The number of ether oxygens (including phenoxy) is 1. The van der Waals surface area contributed by atoms with Crippen LogP contribution in [0.4, 0.5) is 5.82 Å². The summed E-state index contributed by atoms with van der Waals surface area (Å²) < 4.78 is 4.77. The molecule has 20 heavy (non-hydrogen) atoms. The first-order valence-corrected chi connectivity index (χ1v) is 7.02. The fourth-order valence-corrected chi connectivity index (χ4v) is 2.67. The van der Waals surface area contributed by atoms with Gasteiger partial charge < -0.3 is 15.2 Å². The maximum Gasteiger partial charge on any atom is 0.341 e. The Morgan fingerprint density at radius 3 is 2.85 bits per heavy atom. The Kier molecular flexibility index (Phi) is 4.60. The van der Waals surface area contributed by atoms with E-state index >= 15 is 0 Å². The number of nitrogens with one attached hydrogen (secondary N) is 1. The number of carbonyl (C=O) groups excluding carboxylic acids is 1. The number of nitrogens with zero attached hydrogens (tertiary/aromatic N) is 1. The molecule has 1 aliphatic carbocycles. The van der Waals surface area contributed by atoms with Crippen molar-refractivity contribution < 1.29 is 14.6 Å². The zero-order valence-corrected chi connectivity index (χ0v) is 12.1. The minimum atomic E-state index is -0.419. The minimum absolute atomic E-state index is 0.0386. The molecular weight excluding hydrogens is 256 g/mol. The number of aliphatic hydroxyl groups excluding tert-OH is 1. The number of aromatic nitrogens is 1. The topological polar surface area (TPSA) is 71.5 Å². The van der Waals surface area contributed by atoms with Crippen LogP contribution in [0.1, 0.15) is 43.0 Å². The van der Waals surface area contributed by atoms with Crippen molar-refractivity contribution in [2.45, 2.75) is 38.1 Å². The van der Waals surface area contributed by atoms with Crippen LogP contribution in [-0.4, -0.2) is 35.3 Å². The lowest BCUT2D eigenvalue weighted by molar-refractivity contribution is 0.0601. The Bertz CT molecular complexity index is 468. The van der Waals surface area contributed by atoms with E-state index in [0.717, 1.165) is 25.7 Å². The highest BCUT2D eigenvalue weighted by atomic mass is 16.5. The van der Waals surface area contributed by atoms with Gasteiger partial charge in [0.1, 0.15) is 11.4 Å². The highest BCUT2D eigenvalue weighted by Crippen LogP contribution is 2.34. The van der Waals surface area contributed by atoms with Gasteiger partial charge in [-0.3, -0.25) is 0 Å². The fourth-order valence-electron chi connectivity index (χ4n) is 2.67. The van der Waals surface area contributed by atoms with Gasteiger partial charge in [0.05, 0.1) is 19.3 Å². The quantitative estimate of drug-likeness (QED) is 0.826. The van der Waals surface area contributed by atoms with Crippen LogP contribution in [0.15, 0.2) is 18.3 Å². The number of pyridine rings is 1. The van der Waals surface area contributed by atoms with Gasteiger partial charge in [-0.05, 0) is 43.7 Å². The summed E-state index contributed by atoms with van der Waals surface area (Å²) in [5, 5.41) is 13.1. The number of anilines is 1. The molecule has 2 N–H and O–H groups in total. The van der Waals surface area contributed by atoms with E-state index in [1.54, 1.807) is 18.3 Å². The number of rotatable bonds is 4. The summed E-state index contributed by atoms with van der Waals surface area (Å²) in [5.74, 6) is 0.751. The molecule has 0 aromatic carbocycles. The average molecular weight is 278 g/mol. The van der Waals surface area contributed by atoms with Crippen LogP contribution in [0.25, 0.3) is 0 Å². The molecule has 0 bridgehead atoms. The lowest BCUT2D eigenvalue weighted by Gasteiger charge is -2.39. The van der Waals surface area contributed by atoms with Crippen molar-refractivity contribution in [2.75, 3.05) is 19.0 Å². The summed E-state index contributed by atoms with van der Waals surface area (Å²) in [6.45, 7) is 2.26. The van der Waals surface area contributed by atoms with Crippen molar-refractivity contribution in [3.8, 4) is 0 Å². The van der Waals surface area contributed by atoms with Crippen molar-refractivity contribution in [2.24, 2.45) is 5.92 Å². The van der Waals surface area contributed by atoms with E-state index in [0.29, 0.717) is 17.3 Å². The van der Waals surface area contributed by atoms with Crippen molar-refractivity contribution in [3.05, 3.63) is 23.9 Å². The van der Waals surface area contributed by atoms with Gasteiger partial charge >= 0.3 is 5.97 Å². The molecule has 0 spiro atoms. The van der Waals surface area contributed by atoms with Gasteiger partial charge in [-0.25, -0.2) is 9.78 Å². The van der Waals surface area contributed by atoms with E-state index in [1.807, 2.05) is 0 Å². The van der Waals surface area contributed by atoms with E-state index < -0.39 is 5.97 Å². The van der Waals surface area contributed by atoms with Gasteiger partial charge in [-0.15, -0.1) is 0 Å². The minimum Gasteiger partial charge on any atom is -0.465 e. The Labute approximate surface area is 119 Å². The lowest BCUT2D eigenvalue weighted by Crippen LogP contribution is -2.45. The maximum absolute atomic E-state index is 11.8. The van der Waals surface area contributed by atoms with Gasteiger partial charge in [0, 0.05) is 6.20 Å². The second kappa shape index (κ2) is 6.22. The zero-order valence-electron chi connectivity index (χ0n) is 12.1. The van der Waals surface area contributed by atoms with Crippen LogP contribution in [-0.2, 0) is 4.74 Å². The second-order valence-electron chi connectivity index (χ2n) is 5.64. The van der Waals surface area contributed by atoms with E-state index in [2.05, 4.69) is 17.2 Å². The molecule has 0 atom stereocenters. The van der Waals surface area contributed by atoms with E-state index in [4.69, 9.17) is 4.74 Å². The summed E-state index contributed by atoms with van der Waals surface area (Å²) in [6.07, 6.45) is 5.51. The molecule has 5 heteroatoms. The fraction of sp³-hybridized carbons (Fsp3) is 0.600. The Hall–Kier alpha value is -1.62. The molecule has 0 aliphatic heterocycles. The summed E-state index contributed by atoms with van der Waals surface area (Å²) >= 11 is 0. The molecular formula is C15H22N2O3. The predicted molar refractivity (Wildman–Crippen MR) is 76.6 cm³/mol. The lowest BCUT2D eigenvalue weighted by atomic mass is 9.77. The second-order valence-corrected chi connectivity index (χ2v) is 5.64. The summed E-state index contributed by atoms with van der Waals surface area (Å²) in [6, 6.07) is 3.38. The van der Waals surface area contributed by atoms with Crippen molar-refractivity contribution in [1.29, 1.82) is 0 Å². The van der Waals surface area contributed by atoms with Gasteiger partial charge in [-0.1, -0.05) is 6.92 Å².